The summed E-state index contributed by atoms with van der Waals surface area (Å²) in [7, 11) is 1.67. The average molecular weight is 445 g/mol. The number of hydrogen-bond acceptors (Lipinski definition) is 3. The number of nitrogens with zero attached hydrogens (tertiary/aromatic N) is 2. The monoisotopic (exact) mass is 444 g/mol. The molecule has 0 saturated carbocycles. The van der Waals surface area contributed by atoms with E-state index in [4.69, 9.17) is 27.9 Å². The van der Waals surface area contributed by atoms with Crippen LogP contribution in [-0.4, -0.2) is 30.0 Å². The molecule has 3 aromatic carbocycles. The number of ether oxygens (including phenoxy) is 1. The Hall–Kier alpha value is -2.11. The van der Waals surface area contributed by atoms with Crippen LogP contribution in [0.15, 0.2) is 66.7 Å². The van der Waals surface area contributed by atoms with Crippen LogP contribution in [0.25, 0.3) is 0 Å². The van der Waals surface area contributed by atoms with Crippen molar-refractivity contribution >= 4 is 23.2 Å². The Morgan fingerprint density at radius 3 is 2.10 bits per heavy atom. The van der Waals surface area contributed by atoms with Gasteiger partial charge in [0.1, 0.15) is 11.6 Å². The maximum Gasteiger partial charge on any atom is 0.123 e. The van der Waals surface area contributed by atoms with E-state index in [-0.39, 0.29) is 12.0 Å². The lowest BCUT2D eigenvalue weighted by molar-refractivity contribution is 0.126. The molecular formula is C24H23Cl2FN2O. The molecule has 3 nitrogen and oxygen atoms in total. The summed E-state index contributed by atoms with van der Waals surface area (Å²) in [5.41, 5.74) is 3.11. The van der Waals surface area contributed by atoms with Crippen molar-refractivity contribution in [2.75, 3.05) is 20.2 Å². The maximum absolute atomic E-state index is 13.3. The summed E-state index contributed by atoms with van der Waals surface area (Å²) in [6.07, 6.45) is -0.0811. The summed E-state index contributed by atoms with van der Waals surface area (Å²) < 4.78 is 18.7. The third kappa shape index (κ3) is 4.62. The van der Waals surface area contributed by atoms with Gasteiger partial charge in [0.25, 0.3) is 0 Å². The molecule has 6 heteroatoms. The highest BCUT2D eigenvalue weighted by Crippen LogP contribution is 2.40. The molecule has 0 aliphatic carbocycles. The second-order valence-electron chi connectivity index (χ2n) is 7.43. The molecule has 0 radical (unpaired) electrons. The first-order valence-corrected chi connectivity index (χ1v) is 10.6. The van der Waals surface area contributed by atoms with Crippen LogP contribution in [0.1, 0.15) is 22.9 Å². The molecule has 4 rings (SSSR count). The smallest absolute Gasteiger partial charge is 0.123 e. The minimum absolute atomic E-state index is 0.0811. The van der Waals surface area contributed by atoms with Gasteiger partial charge in [-0.1, -0.05) is 53.5 Å². The van der Waals surface area contributed by atoms with E-state index < -0.39 is 0 Å². The highest BCUT2D eigenvalue weighted by molar-refractivity contribution is 6.36. The average Bonchev–Trinajstić information content (AvgIpc) is 3.11. The van der Waals surface area contributed by atoms with Crippen molar-refractivity contribution in [1.29, 1.82) is 0 Å². The van der Waals surface area contributed by atoms with Crippen LogP contribution in [0.2, 0.25) is 10.0 Å². The lowest BCUT2D eigenvalue weighted by Crippen LogP contribution is -2.31. The molecule has 0 unspecified atom stereocenters. The van der Waals surface area contributed by atoms with Gasteiger partial charge in [-0.25, -0.2) is 4.39 Å². The lowest BCUT2D eigenvalue weighted by atomic mass is 10.1. The second kappa shape index (κ2) is 9.36. The first-order valence-electron chi connectivity index (χ1n) is 9.84. The summed E-state index contributed by atoms with van der Waals surface area (Å²) in [5.74, 6) is 0.604. The second-order valence-corrected chi connectivity index (χ2v) is 8.24. The van der Waals surface area contributed by atoms with Crippen molar-refractivity contribution in [3.8, 4) is 5.75 Å². The van der Waals surface area contributed by atoms with E-state index in [0.29, 0.717) is 16.6 Å². The Kier molecular flexibility index (Phi) is 6.59. The highest BCUT2D eigenvalue weighted by Gasteiger charge is 2.35. The molecule has 1 aliphatic heterocycles. The van der Waals surface area contributed by atoms with Crippen molar-refractivity contribution in [3.63, 3.8) is 0 Å². The van der Waals surface area contributed by atoms with Crippen LogP contribution in [0.5, 0.6) is 5.75 Å². The zero-order valence-corrected chi connectivity index (χ0v) is 18.2. The van der Waals surface area contributed by atoms with Crippen molar-refractivity contribution < 1.29 is 9.13 Å². The summed E-state index contributed by atoms with van der Waals surface area (Å²) in [5, 5.41) is 1.29. The number of methoxy groups -OCH3 is 1. The first kappa shape index (κ1) is 21.1. The zero-order chi connectivity index (χ0) is 21.1. The van der Waals surface area contributed by atoms with Gasteiger partial charge in [0.15, 0.2) is 0 Å². The van der Waals surface area contributed by atoms with Crippen LogP contribution >= 0.6 is 23.2 Å². The van der Waals surface area contributed by atoms with Gasteiger partial charge in [0, 0.05) is 41.8 Å². The van der Waals surface area contributed by atoms with Crippen LogP contribution in [0, 0.1) is 5.82 Å². The SMILES string of the molecule is COc1cccc(CN2CCN(Cc3ccc(F)cc3)[C@@H]2c2c(Cl)cccc2Cl)c1. The summed E-state index contributed by atoms with van der Waals surface area (Å²) in [4.78, 5) is 4.70. The molecule has 0 N–H and O–H groups in total. The Morgan fingerprint density at radius 1 is 0.867 bits per heavy atom. The number of hydrogen-bond donors (Lipinski definition) is 0. The van der Waals surface area contributed by atoms with E-state index >= 15 is 0 Å². The van der Waals surface area contributed by atoms with Gasteiger partial charge in [-0.15, -0.1) is 0 Å². The Labute approximate surface area is 186 Å². The molecule has 1 heterocycles. The van der Waals surface area contributed by atoms with Gasteiger partial charge < -0.3 is 4.74 Å². The topological polar surface area (TPSA) is 15.7 Å². The van der Waals surface area contributed by atoms with E-state index in [1.165, 1.54) is 12.1 Å². The summed E-state index contributed by atoms with van der Waals surface area (Å²) in [6.45, 7) is 3.14. The predicted molar refractivity (Wildman–Crippen MR) is 119 cm³/mol. The van der Waals surface area contributed by atoms with Crippen molar-refractivity contribution in [2.24, 2.45) is 0 Å². The number of halogens is 3. The largest absolute Gasteiger partial charge is 0.497 e. The predicted octanol–water partition coefficient (Wildman–Crippen LogP) is 6.16. The molecule has 0 bridgehead atoms. The van der Waals surface area contributed by atoms with Gasteiger partial charge in [0.05, 0.1) is 13.3 Å². The Morgan fingerprint density at radius 2 is 1.47 bits per heavy atom. The maximum atomic E-state index is 13.3. The third-order valence-electron chi connectivity index (χ3n) is 5.44. The van der Waals surface area contributed by atoms with Crippen molar-refractivity contribution in [3.05, 3.63) is 99.3 Å². The zero-order valence-electron chi connectivity index (χ0n) is 16.7. The standard InChI is InChI=1S/C24H23Cl2FN2O/c1-30-20-5-2-4-18(14-20)16-29-13-12-28(15-17-8-10-19(27)11-9-17)24(29)23-21(25)6-3-7-22(23)26/h2-11,14,24H,12-13,15-16H2,1H3/t24-/m0/s1. The molecule has 0 amide bonds. The first-order chi connectivity index (χ1) is 14.5. The fourth-order valence-corrected chi connectivity index (χ4v) is 4.61. The number of benzene rings is 3. The van der Waals surface area contributed by atoms with E-state index in [0.717, 1.165) is 42.1 Å². The van der Waals surface area contributed by atoms with Gasteiger partial charge in [0.2, 0.25) is 0 Å². The minimum Gasteiger partial charge on any atom is -0.497 e. The molecule has 156 valence electrons. The third-order valence-corrected chi connectivity index (χ3v) is 6.10. The minimum atomic E-state index is -0.231. The molecular weight excluding hydrogens is 422 g/mol. The molecule has 1 atom stereocenters. The molecule has 1 saturated heterocycles. The van der Waals surface area contributed by atoms with Crippen LogP contribution in [0.4, 0.5) is 4.39 Å². The van der Waals surface area contributed by atoms with E-state index in [2.05, 4.69) is 15.9 Å². The van der Waals surface area contributed by atoms with Crippen LogP contribution in [0.3, 0.4) is 0 Å². The van der Waals surface area contributed by atoms with E-state index in [1.807, 2.05) is 48.5 Å². The van der Waals surface area contributed by atoms with Crippen molar-refractivity contribution in [2.45, 2.75) is 19.3 Å². The van der Waals surface area contributed by atoms with Crippen molar-refractivity contribution in [1.82, 2.24) is 9.80 Å². The fraction of sp³-hybridized carbons (Fsp3) is 0.250. The Bertz CT molecular complexity index is 992. The van der Waals surface area contributed by atoms with Gasteiger partial charge in [-0.05, 0) is 47.5 Å². The van der Waals surface area contributed by atoms with Gasteiger partial charge in [-0.3, -0.25) is 9.80 Å². The molecule has 0 spiro atoms. The summed E-state index contributed by atoms with van der Waals surface area (Å²) >= 11 is 13.2. The quantitative estimate of drug-likeness (QED) is 0.452. The fourth-order valence-electron chi connectivity index (χ4n) is 4.02. The summed E-state index contributed by atoms with van der Waals surface area (Å²) in [6, 6.07) is 20.3. The molecule has 30 heavy (non-hydrogen) atoms. The van der Waals surface area contributed by atoms with E-state index in [9.17, 15) is 4.39 Å². The molecule has 3 aromatic rings. The van der Waals surface area contributed by atoms with Gasteiger partial charge >= 0.3 is 0 Å². The molecule has 1 aliphatic rings. The van der Waals surface area contributed by atoms with Crippen LogP contribution < -0.4 is 4.74 Å². The molecule has 1 fully saturated rings. The lowest BCUT2D eigenvalue weighted by Gasteiger charge is -2.32. The van der Waals surface area contributed by atoms with E-state index in [1.54, 1.807) is 7.11 Å². The highest BCUT2D eigenvalue weighted by atomic mass is 35.5. The van der Waals surface area contributed by atoms with Gasteiger partial charge in [-0.2, -0.15) is 0 Å². The molecule has 0 aromatic heterocycles. The van der Waals surface area contributed by atoms with Crippen LogP contribution in [-0.2, 0) is 13.1 Å². The Balaban J connectivity index is 1.66. The normalized spacial score (nSPS) is 17.4. The number of rotatable bonds is 6.